The predicted octanol–water partition coefficient (Wildman–Crippen LogP) is 3.17. The first-order valence-electron chi connectivity index (χ1n) is 10.1. The molecular formula is C24H27NO7. The third-order valence-corrected chi connectivity index (χ3v) is 5.34. The lowest BCUT2D eigenvalue weighted by Gasteiger charge is -2.26. The van der Waals surface area contributed by atoms with Gasteiger partial charge < -0.3 is 29.0 Å². The van der Waals surface area contributed by atoms with Crippen LogP contribution >= 0.6 is 0 Å². The summed E-state index contributed by atoms with van der Waals surface area (Å²) in [5.41, 5.74) is 1.00. The number of aliphatic hydroxyl groups is 1. The molecule has 0 radical (unpaired) electrons. The van der Waals surface area contributed by atoms with E-state index in [0.717, 1.165) is 0 Å². The number of ketones is 1. The molecule has 170 valence electrons. The van der Waals surface area contributed by atoms with Crippen molar-refractivity contribution in [3.63, 3.8) is 0 Å². The highest BCUT2D eigenvalue weighted by Gasteiger charge is 2.46. The Hall–Kier alpha value is -3.52. The predicted molar refractivity (Wildman–Crippen MR) is 118 cm³/mol. The number of likely N-dealkylation sites (tertiary alicyclic amines) is 1. The quantitative estimate of drug-likeness (QED) is 0.276. The summed E-state index contributed by atoms with van der Waals surface area (Å²) in [6.07, 6.45) is 0.524. The SMILES string of the molecule is COCCCN1C(=O)C(=O)/C(=C(/O)c2ccccc2)[C@H]1c1cc(OC)c(OC)c(OC)c1. The van der Waals surface area contributed by atoms with Crippen LogP contribution in [-0.4, -0.2) is 63.3 Å². The summed E-state index contributed by atoms with van der Waals surface area (Å²) in [6, 6.07) is 11.2. The molecule has 0 bridgehead atoms. The van der Waals surface area contributed by atoms with Crippen molar-refractivity contribution in [2.75, 3.05) is 41.6 Å². The van der Waals surface area contributed by atoms with Gasteiger partial charge >= 0.3 is 0 Å². The van der Waals surface area contributed by atoms with E-state index in [4.69, 9.17) is 18.9 Å². The third kappa shape index (κ3) is 4.27. The van der Waals surface area contributed by atoms with Gasteiger partial charge in [0.25, 0.3) is 11.7 Å². The van der Waals surface area contributed by atoms with Crippen LogP contribution in [0.5, 0.6) is 17.2 Å². The van der Waals surface area contributed by atoms with E-state index >= 15 is 0 Å². The lowest BCUT2D eigenvalue weighted by atomic mass is 9.94. The van der Waals surface area contributed by atoms with Crippen molar-refractivity contribution in [1.82, 2.24) is 4.90 Å². The summed E-state index contributed by atoms with van der Waals surface area (Å²) < 4.78 is 21.4. The highest BCUT2D eigenvalue weighted by atomic mass is 16.5. The molecule has 0 aliphatic carbocycles. The monoisotopic (exact) mass is 441 g/mol. The molecule has 1 N–H and O–H groups in total. The third-order valence-electron chi connectivity index (χ3n) is 5.34. The van der Waals surface area contributed by atoms with E-state index in [1.54, 1.807) is 49.6 Å². The molecule has 8 heteroatoms. The standard InChI is InChI=1S/C24H27NO7/c1-29-12-8-11-25-20(16-13-17(30-2)23(32-4)18(14-16)31-3)19(22(27)24(25)28)21(26)15-9-6-5-7-10-15/h5-7,9-10,13-14,20,26H,8,11-12H2,1-4H3/b21-19+/t20-/m1/s1. The highest BCUT2D eigenvalue weighted by molar-refractivity contribution is 6.46. The first-order valence-corrected chi connectivity index (χ1v) is 10.1. The van der Waals surface area contributed by atoms with Gasteiger partial charge in [-0.15, -0.1) is 0 Å². The van der Waals surface area contributed by atoms with Gasteiger partial charge in [-0.1, -0.05) is 30.3 Å². The smallest absolute Gasteiger partial charge is 0.295 e. The molecular weight excluding hydrogens is 414 g/mol. The van der Waals surface area contributed by atoms with Crippen molar-refractivity contribution in [2.24, 2.45) is 0 Å². The van der Waals surface area contributed by atoms with Crippen molar-refractivity contribution >= 4 is 17.4 Å². The van der Waals surface area contributed by atoms with Crippen LogP contribution < -0.4 is 14.2 Å². The molecule has 1 fully saturated rings. The maximum Gasteiger partial charge on any atom is 0.295 e. The van der Waals surface area contributed by atoms with Crippen molar-refractivity contribution < 1.29 is 33.6 Å². The Balaban J connectivity index is 2.22. The van der Waals surface area contributed by atoms with Crippen LogP contribution in [0.3, 0.4) is 0 Å². The number of hydrogen-bond donors (Lipinski definition) is 1. The summed E-state index contributed by atoms with van der Waals surface area (Å²) in [7, 11) is 6.04. The van der Waals surface area contributed by atoms with E-state index in [1.165, 1.54) is 26.2 Å². The van der Waals surface area contributed by atoms with E-state index in [1.807, 2.05) is 0 Å². The molecule has 2 aromatic carbocycles. The molecule has 32 heavy (non-hydrogen) atoms. The second-order valence-corrected chi connectivity index (χ2v) is 7.16. The lowest BCUT2D eigenvalue weighted by molar-refractivity contribution is -0.140. The molecule has 0 aromatic heterocycles. The zero-order chi connectivity index (χ0) is 23.3. The van der Waals surface area contributed by atoms with Gasteiger partial charge in [0, 0.05) is 25.8 Å². The topological polar surface area (TPSA) is 94.5 Å². The Kier molecular flexibility index (Phi) is 7.37. The maximum atomic E-state index is 13.1. The molecule has 2 aromatic rings. The van der Waals surface area contributed by atoms with E-state index in [9.17, 15) is 14.7 Å². The summed E-state index contributed by atoms with van der Waals surface area (Å²) >= 11 is 0. The Bertz CT molecular complexity index is 991. The number of methoxy groups -OCH3 is 4. The fourth-order valence-corrected chi connectivity index (χ4v) is 3.85. The van der Waals surface area contributed by atoms with E-state index in [-0.39, 0.29) is 17.9 Å². The fraction of sp³-hybridized carbons (Fsp3) is 0.333. The van der Waals surface area contributed by atoms with Crippen molar-refractivity contribution in [3.8, 4) is 17.2 Å². The summed E-state index contributed by atoms with van der Waals surface area (Å²) in [5.74, 6) is -0.525. The number of nitrogens with zero attached hydrogens (tertiary/aromatic N) is 1. The second kappa shape index (κ2) is 10.2. The second-order valence-electron chi connectivity index (χ2n) is 7.16. The van der Waals surface area contributed by atoms with Gasteiger partial charge in [-0.2, -0.15) is 0 Å². The summed E-state index contributed by atoms with van der Waals surface area (Å²) in [5, 5.41) is 11.1. The fourth-order valence-electron chi connectivity index (χ4n) is 3.85. The van der Waals surface area contributed by atoms with Gasteiger partial charge in [0.2, 0.25) is 5.75 Å². The normalized spacial score (nSPS) is 17.5. The van der Waals surface area contributed by atoms with Gasteiger partial charge in [0.1, 0.15) is 5.76 Å². The van der Waals surface area contributed by atoms with E-state index < -0.39 is 17.7 Å². The number of carbonyl (C=O) groups is 2. The van der Waals surface area contributed by atoms with Crippen LogP contribution in [-0.2, 0) is 14.3 Å². The van der Waals surface area contributed by atoms with E-state index in [0.29, 0.717) is 41.4 Å². The minimum Gasteiger partial charge on any atom is -0.507 e. The molecule has 0 saturated carbocycles. The molecule has 8 nitrogen and oxygen atoms in total. The largest absolute Gasteiger partial charge is 0.507 e. The van der Waals surface area contributed by atoms with Crippen LogP contribution in [0.4, 0.5) is 0 Å². The summed E-state index contributed by atoms with van der Waals surface area (Å²) in [6.45, 7) is 0.689. The van der Waals surface area contributed by atoms with Gasteiger partial charge in [0.15, 0.2) is 11.5 Å². The van der Waals surface area contributed by atoms with E-state index in [2.05, 4.69) is 0 Å². The molecule has 0 spiro atoms. The lowest BCUT2D eigenvalue weighted by Crippen LogP contribution is -2.31. The van der Waals surface area contributed by atoms with Gasteiger partial charge in [-0.25, -0.2) is 0 Å². The van der Waals surface area contributed by atoms with Crippen LogP contribution in [0.2, 0.25) is 0 Å². The van der Waals surface area contributed by atoms with Crippen molar-refractivity contribution in [3.05, 3.63) is 59.2 Å². The van der Waals surface area contributed by atoms with Crippen LogP contribution in [0.15, 0.2) is 48.0 Å². The number of amides is 1. The first-order chi connectivity index (χ1) is 15.5. The maximum absolute atomic E-state index is 13.1. The minimum absolute atomic E-state index is 0.00731. The molecule has 3 rings (SSSR count). The minimum atomic E-state index is -0.833. The number of Topliss-reactive ketones (excluding diaryl/α,β-unsaturated/α-hetero) is 1. The average molecular weight is 441 g/mol. The van der Waals surface area contributed by atoms with Crippen LogP contribution in [0, 0.1) is 0 Å². The Labute approximate surface area is 187 Å². The van der Waals surface area contributed by atoms with Crippen molar-refractivity contribution in [2.45, 2.75) is 12.5 Å². The molecule has 1 aliphatic rings. The van der Waals surface area contributed by atoms with Crippen LogP contribution in [0.1, 0.15) is 23.6 Å². The Morgan fingerprint density at radius 3 is 2.12 bits per heavy atom. The Morgan fingerprint density at radius 2 is 1.59 bits per heavy atom. The average Bonchev–Trinajstić information content (AvgIpc) is 3.08. The first kappa shape index (κ1) is 23.1. The number of ether oxygens (including phenoxy) is 4. The Morgan fingerprint density at radius 1 is 0.969 bits per heavy atom. The molecule has 1 atom stereocenters. The number of rotatable bonds is 9. The molecule has 1 saturated heterocycles. The van der Waals surface area contributed by atoms with Crippen molar-refractivity contribution in [1.29, 1.82) is 0 Å². The highest BCUT2D eigenvalue weighted by Crippen LogP contribution is 2.45. The van der Waals surface area contributed by atoms with Gasteiger partial charge in [-0.05, 0) is 24.1 Å². The molecule has 1 heterocycles. The number of hydrogen-bond acceptors (Lipinski definition) is 7. The zero-order valence-electron chi connectivity index (χ0n) is 18.6. The van der Waals surface area contributed by atoms with Crippen LogP contribution in [0.25, 0.3) is 5.76 Å². The molecule has 0 unspecified atom stereocenters. The summed E-state index contributed by atoms with van der Waals surface area (Å²) in [4.78, 5) is 27.5. The zero-order valence-corrected chi connectivity index (χ0v) is 18.6. The molecule has 1 amide bonds. The number of aliphatic hydroxyl groups excluding tert-OH is 1. The molecule has 1 aliphatic heterocycles. The number of benzene rings is 2. The number of carbonyl (C=O) groups excluding carboxylic acids is 2. The van der Waals surface area contributed by atoms with Gasteiger partial charge in [0.05, 0.1) is 32.9 Å². The van der Waals surface area contributed by atoms with Gasteiger partial charge in [-0.3, -0.25) is 9.59 Å².